The summed E-state index contributed by atoms with van der Waals surface area (Å²) in [4.78, 5) is 29.1. The highest BCUT2D eigenvalue weighted by Gasteiger charge is 2.35. The first kappa shape index (κ1) is 22.9. The van der Waals surface area contributed by atoms with Gasteiger partial charge in [-0.15, -0.1) is 0 Å². The van der Waals surface area contributed by atoms with Crippen molar-refractivity contribution in [2.24, 2.45) is 14.1 Å². The largest absolute Gasteiger partial charge is 0.378 e. The van der Waals surface area contributed by atoms with Gasteiger partial charge in [-0.25, -0.2) is 4.79 Å². The van der Waals surface area contributed by atoms with Crippen molar-refractivity contribution in [1.82, 2.24) is 13.7 Å². The van der Waals surface area contributed by atoms with Gasteiger partial charge in [-0.1, -0.05) is 48.5 Å². The van der Waals surface area contributed by atoms with Crippen molar-refractivity contribution in [3.05, 3.63) is 110 Å². The SMILES string of the molecule is Cc1ccccc1-c1c2c(=O)n(C)c(=O)n(C)c2c2n1-c1ccccc1NC2c1ccc(N(C)C)cc1. The standard InChI is InChI=1S/C30H29N5O2/c1-18-10-6-7-11-21(18)26-24-27(33(4)30(37)34(5)29(24)36)28-25(19-14-16-20(17-15-19)32(2)3)31-22-12-8-9-13-23(22)35(26)28/h6-17,25,31H,1-5H3. The minimum atomic E-state index is -0.345. The molecule has 7 heteroatoms. The summed E-state index contributed by atoms with van der Waals surface area (Å²) in [7, 11) is 7.33. The summed E-state index contributed by atoms with van der Waals surface area (Å²) in [5, 5.41) is 4.26. The lowest BCUT2D eigenvalue weighted by Crippen LogP contribution is -2.37. The molecular formula is C30H29N5O2. The van der Waals surface area contributed by atoms with E-state index in [1.807, 2.05) is 44.4 Å². The molecule has 1 atom stereocenters. The maximum absolute atomic E-state index is 13.8. The molecule has 0 amide bonds. The van der Waals surface area contributed by atoms with E-state index < -0.39 is 0 Å². The van der Waals surface area contributed by atoms with Crippen LogP contribution in [0.15, 0.2) is 82.4 Å². The Bertz CT molecular complexity index is 1810. The Morgan fingerprint density at radius 2 is 1.51 bits per heavy atom. The molecule has 0 saturated heterocycles. The fourth-order valence-electron chi connectivity index (χ4n) is 5.53. The molecule has 186 valence electrons. The number of rotatable bonds is 3. The number of hydrogen-bond acceptors (Lipinski definition) is 4. The second kappa shape index (κ2) is 8.27. The summed E-state index contributed by atoms with van der Waals surface area (Å²) in [5.74, 6) is 0. The Hall–Kier alpha value is -4.52. The third kappa shape index (κ3) is 3.27. The second-order valence-corrected chi connectivity index (χ2v) is 9.89. The van der Waals surface area contributed by atoms with Crippen molar-refractivity contribution in [3.63, 3.8) is 0 Å². The minimum Gasteiger partial charge on any atom is -0.378 e. The van der Waals surface area contributed by atoms with Crippen molar-refractivity contribution in [2.75, 3.05) is 24.3 Å². The number of aromatic nitrogens is 3. The van der Waals surface area contributed by atoms with E-state index in [9.17, 15) is 9.59 Å². The van der Waals surface area contributed by atoms with Crippen molar-refractivity contribution >= 4 is 22.3 Å². The summed E-state index contributed by atoms with van der Waals surface area (Å²) in [6, 6.07) is 24.3. The van der Waals surface area contributed by atoms with Gasteiger partial charge >= 0.3 is 5.69 Å². The molecule has 2 aromatic heterocycles. The number of benzene rings is 3. The predicted molar refractivity (Wildman–Crippen MR) is 150 cm³/mol. The van der Waals surface area contributed by atoms with E-state index in [0.717, 1.165) is 45.1 Å². The van der Waals surface area contributed by atoms with Crippen LogP contribution in [0.1, 0.15) is 22.9 Å². The van der Waals surface area contributed by atoms with Crippen LogP contribution in [-0.4, -0.2) is 27.8 Å². The first-order valence-electron chi connectivity index (χ1n) is 12.3. The van der Waals surface area contributed by atoms with Crippen molar-refractivity contribution < 1.29 is 0 Å². The fraction of sp³-hybridized carbons (Fsp3) is 0.200. The molecule has 5 aromatic rings. The van der Waals surface area contributed by atoms with E-state index >= 15 is 0 Å². The summed E-state index contributed by atoms with van der Waals surface area (Å²) in [6.45, 7) is 2.05. The number of hydrogen-bond donors (Lipinski definition) is 1. The maximum Gasteiger partial charge on any atom is 0.331 e. The number of nitrogens with zero attached hydrogens (tertiary/aromatic N) is 4. The van der Waals surface area contributed by atoms with Gasteiger partial charge < -0.3 is 14.8 Å². The van der Waals surface area contributed by atoms with E-state index in [2.05, 4.69) is 64.2 Å². The molecule has 7 nitrogen and oxygen atoms in total. The van der Waals surface area contributed by atoms with Crippen molar-refractivity contribution in [1.29, 1.82) is 0 Å². The number of nitrogens with one attached hydrogen (secondary N) is 1. The third-order valence-electron chi connectivity index (χ3n) is 7.47. The number of aryl methyl sites for hydroxylation is 2. The highest BCUT2D eigenvalue weighted by atomic mass is 16.2. The van der Waals surface area contributed by atoms with E-state index in [1.54, 1.807) is 18.7 Å². The zero-order valence-electron chi connectivity index (χ0n) is 21.6. The van der Waals surface area contributed by atoms with Crippen LogP contribution in [0.3, 0.4) is 0 Å². The number of para-hydroxylation sites is 2. The van der Waals surface area contributed by atoms with Crippen LogP contribution >= 0.6 is 0 Å². The van der Waals surface area contributed by atoms with Gasteiger partial charge in [0.05, 0.1) is 39.7 Å². The lowest BCUT2D eigenvalue weighted by atomic mass is 9.99. The fourth-order valence-corrected chi connectivity index (χ4v) is 5.53. The summed E-state index contributed by atoms with van der Waals surface area (Å²) < 4.78 is 5.00. The normalized spacial score (nSPS) is 14.2. The first-order valence-corrected chi connectivity index (χ1v) is 12.3. The molecule has 1 aliphatic heterocycles. The summed E-state index contributed by atoms with van der Waals surface area (Å²) >= 11 is 0. The smallest absolute Gasteiger partial charge is 0.331 e. The van der Waals surface area contributed by atoms with Gasteiger partial charge in [0.15, 0.2) is 0 Å². The lowest BCUT2D eigenvalue weighted by molar-refractivity contribution is 0.708. The maximum atomic E-state index is 13.8. The van der Waals surface area contributed by atoms with E-state index in [-0.39, 0.29) is 17.3 Å². The molecule has 3 heterocycles. The molecular weight excluding hydrogens is 462 g/mol. The Morgan fingerprint density at radius 3 is 2.22 bits per heavy atom. The van der Waals surface area contributed by atoms with E-state index in [4.69, 9.17) is 0 Å². The van der Waals surface area contributed by atoms with Gasteiger partial charge in [-0.05, 0) is 42.3 Å². The Labute approximate surface area is 214 Å². The van der Waals surface area contributed by atoms with Crippen LogP contribution in [0.4, 0.5) is 11.4 Å². The van der Waals surface area contributed by atoms with E-state index in [1.165, 1.54) is 4.57 Å². The van der Waals surface area contributed by atoms with Crippen LogP contribution < -0.4 is 21.5 Å². The quantitative estimate of drug-likeness (QED) is 0.401. The number of anilines is 2. The van der Waals surface area contributed by atoms with Gasteiger partial charge in [-0.2, -0.15) is 0 Å². The van der Waals surface area contributed by atoms with Crippen LogP contribution in [0.25, 0.3) is 27.8 Å². The average molecular weight is 492 g/mol. The van der Waals surface area contributed by atoms with Crippen molar-refractivity contribution in [3.8, 4) is 16.9 Å². The Morgan fingerprint density at radius 1 is 0.838 bits per heavy atom. The van der Waals surface area contributed by atoms with Gasteiger partial charge in [0, 0.05) is 39.4 Å². The highest BCUT2D eigenvalue weighted by molar-refractivity contribution is 5.99. The molecule has 0 aliphatic carbocycles. The van der Waals surface area contributed by atoms with Crippen LogP contribution in [-0.2, 0) is 14.1 Å². The average Bonchev–Trinajstić information content (AvgIpc) is 3.27. The molecule has 0 fully saturated rings. The molecule has 0 saturated carbocycles. The molecule has 1 aliphatic rings. The third-order valence-corrected chi connectivity index (χ3v) is 7.47. The van der Waals surface area contributed by atoms with Gasteiger partial charge in [0.2, 0.25) is 0 Å². The molecule has 37 heavy (non-hydrogen) atoms. The minimum absolute atomic E-state index is 0.274. The lowest BCUT2D eigenvalue weighted by Gasteiger charge is -2.31. The number of fused-ring (bicyclic) bond motifs is 5. The predicted octanol–water partition coefficient (Wildman–Crippen LogP) is 4.58. The summed E-state index contributed by atoms with van der Waals surface area (Å²) in [5.41, 5.74) is 7.78. The summed E-state index contributed by atoms with van der Waals surface area (Å²) in [6.07, 6.45) is 0. The van der Waals surface area contributed by atoms with Crippen LogP contribution in [0.2, 0.25) is 0 Å². The molecule has 0 bridgehead atoms. The monoisotopic (exact) mass is 491 g/mol. The molecule has 0 spiro atoms. The first-order chi connectivity index (χ1) is 17.8. The van der Waals surface area contributed by atoms with Crippen LogP contribution in [0, 0.1) is 6.92 Å². The molecule has 6 rings (SSSR count). The highest BCUT2D eigenvalue weighted by Crippen LogP contribution is 2.45. The Balaban J connectivity index is 1.82. The Kier molecular flexibility index (Phi) is 5.12. The van der Waals surface area contributed by atoms with Gasteiger partial charge in [0.1, 0.15) is 0 Å². The van der Waals surface area contributed by atoms with Crippen molar-refractivity contribution in [2.45, 2.75) is 13.0 Å². The molecule has 0 radical (unpaired) electrons. The zero-order chi connectivity index (χ0) is 26.0. The topological polar surface area (TPSA) is 64.2 Å². The van der Waals surface area contributed by atoms with Gasteiger partial charge in [-0.3, -0.25) is 13.9 Å². The second-order valence-electron chi connectivity index (χ2n) is 9.89. The molecule has 3 aromatic carbocycles. The molecule has 1 N–H and O–H groups in total. The zero-order valence-corrected chi connectivity index (χ0v) is 21.6. The molecule has 1 unspecified atom stereocenters. The van der Waals surface area contributed by atoms with E-state index in [0.29, 0.717) is 10.9 Å². The van der Waals surface area contributed by atoms with Crippen LogP contribution in [0.5, 0.6) is 0 Å². The van der Waals surface area contributed by atoms with Gasteiger partial charge in [0.25, 0.3) is 5.56 Å².